The maximum Gasteiger partial charge on any atom is 0.0108 e. The summed E-state index contributed by atoms with van der Waals surface area (Å²) >= 11 is 0. The minimum atomic E-state index is 0.352. The Morgan fingerprint density at radius 2 is 1.58 bits per heavy atom. The van der Waals surface area contributed by atoms with Gasteiger partial charge in [0.1, 0.15) is 0 Å². The van der Waals surface area contributed by atoms with Crippen molar-refractivity contribution in [1.82, 2.24) is 0 Å². The molecule has 0 bridgehead atoms. The zero-order chi connectivity index (χ0) is 13.7. The van der Waals surface area contributed by atoms with Gasteiger partial charge >= 0.3 is 0 Å². The van der Waals surface area contributed by atoms with Crippen molar-refractivity contribution in [3.8, 4) is 0 Å². The summed E-state index contributed by atoms with van der Waals surface area (Å²) in [4.78, 5) is 0. The molecule has 0 spiro atoms. The summed E-state index contributed by atoms with van der Waals surface area (Å²) in [6.45, 7) is 4.52. The van der Waals surface area contributed by atoms with E-state index in [2.05, 4.69) is 38.1 Å². The van der Waals surface area contributed by atoms with Crippen molar-refractivity contribution in [3.63, 3.8) is 0 Å². The van der Waals surface area contributed by atoms with E-state index in [9.17, 15) is 0 Å². The SMILES string of the molecule is CCc1ccc(CC(N)C2CCC(CC)CC2)cc1. The van der Waals surface area contributed by atoms with Crippen molar-refractivity contribution in [2.24, 2.45) is 17.6 Å². The quantitative estimate of drug-likeness (QED) is 0.836. The van der Waals surface area contributed by atoms with Gasteiger partial charge in [0.25, 0.3) is 0 Å². The molecule has 0 aromatic heterocycles. The average molecular weight is 259 g/mol. The standard InChI is InChI=1S/C18H29N/c1-3-14-5-7-16(8-6-14)13-18(19)17-11-9-15(4-2)10-12-17/h5-8,15,17-18H,3-4,9-13,19H2,1-2H3. The molecule has 1 aromatic carbocycles. The Balaban J connectivity index is 1.84. The molecule has 2 N–H and O–H groups in total. The van der Waals surface area contributed by atoms with Gasteiger partial charge in [-0.3, -0.25) is 0 Å². The number of nitrogens with two attached hydrogens (primary N) is 1. The molecule has 0 amide bonds. The van der Waals surface area contributed by atoms with Gasteiger partial charge in [-0.25, -0.2) is 0 Å². The Labute approximate surface area is 118 Å². The van der Waals surface area contributed by atoms with Crippen LogP contribution in [-0.2, 0) is 12.8 Å². The summed E-state index contributed by atoms with van der Waals surface area (Å²) in [5.74, 6) is 1.71. The fourth-order valence-electron chi connectivity index (χ4n) is 3.37. The third-order valence-electron chi connectivity index (χ3n) is 4.98. The van der Waals surface area contributed by atoms with E-state index in [0.717, 1.165) is 24.7 Å². The fourth-order valence-corrected chi connectivity index (χ4v) is 3.37. The van der Waals surface area contributed by atoms with E-state index in [1.54, 1.807) is 0 Å². The molecule has 106 valence electrons. The highest BCUT2D eigenvalue weighted by atomic mass is 14.6. The molecular formula is C18H29N. The van der Waals surface area contributed by atoms with Crippen LogP contribution in [0, 0.1) is 11.8 Å². The summed E-state index contributed by atoms with van der Waals surface area (Å²) in [6, 6.07) is 9.36. The lowest BCUT2D eigenvalue weighted by molar-refractivity contribution is 0.238. The normalized spacial score (nSPS) is 25.2. The van der Waals surface area contributed by atoms with Gasteiger partial charge < -0.3 is 5.73 Å². The first-order valence-electron chi connectivity index (χ1n) is 8.06. The van der Waals surface area contributed by atoms with Crippen LogP contribution in [-0.4, -0.2) is 6.04 Å². The summed E-state index contributed by atoms with van der Waals surface area (Å²) < 4.78 is 0. The van der Waals surface area contributed by atoms with Crippen LogP contribution in [0.15, 0.2) is 24.3 Å². The van der Waals surface area contributed by atoms with Crippen molar-refractivity contribution >= 4 is 0 Å². The van der Waals surface area contributed by atoms with Crippen molar-refractivity contribution in [1.29, 1.82) is 0 Å². The summed E-state index contributed by atoms with van der Waals surface area (Å²) in [5, 5.41) is 0. The Hall–Kier alpha value is -0.820. The smallest absolute Gasteiger partial charge is 0.0108 e. The van der Waals surface area contributed by atoms with Crippen molar-refractivity contribution in [3.05, 3.63) is 35.4 Å². The lowest BCUT2D eigenvalue weighted by Crippen LogP contribution is -2.34. The molecule has 1 fully saturated rings. The van der Waals surface area contributed by atoms with Crippen LogP contribution in [0.2, 0.25) is 0 Å². The van der Waals surface area contributed by atoms with E-state index in [1.807, 2.05) is 0 Å². The van der Waals surface area contributed by atoms with Gasteiger partial charge in [-0.05, 0) is 48.6 Å². The van der Waals surface area contributed by atoms with Crippen LogP contribution in [0.4, 0.5) is 0 Å². The molecule has 1 aliphatic carbocycles. The Morgan fingerprint density at radius 3 is 2.11 bits per heavy atom. The fraction of sp³-hybridized carbons (Fsp3) is 0.667. The van der Waals surface area contributed by atoms with Gasteiger partial charge in [-0.15, -0.1) is 0 Å². The predicted molar refractivity (Wildman–Crippen MR) is 83.2 cm³/mol. The van der Waals surface area contributed by atoms with Gasteiger partial charge in [-0.2, -0.15) is 0 Å². The first-order valence-corrected chi connectivity index (χ1v) is 8.06. The highest BCUT2D eigenvalue weighted by Crippen LogP contribution is 2.32. The molecule has 1 saturated carbocycles. The second-order valence-electron chi connectivity index (χ2n) is 6.23. The molecular weight excluding hydrogens is 230 g/mol. The van der Waals surface area contributed by atoms with Crippen LogP contribution < -0.4 is 5.73 Å². The second kappa shape index (κ2) is 7.09. The van der Waals surface area contributed by atoms with Gasteiger partial charge in [0.2, 0.25) is 0 Å². The maximum atomic E-state index is 6.44. The van der Waals surface area contributed by atoms with E-state index >= 15 is 0 Å². The van der Waals surface area contributed by atoms with E-state index in [0.29, 0.717) is 6.04 Å². The van der Waals surface area contributed by atoms with Crippen molar-refractivity contribution in [2.75, 3.05) is 0 Å². The topological polar surface area (TPSA) is 26.0 Å². The Morgan fingerprint density at radius 1 is 1.00 bits per heavy atom. The van der Waals surface area contributed by atoms with Crippen LogP contribution in [0.1, 0.15) is 57.1 Å². The van der Waals surface area contributed by atoms with Crippen LogP contribution >= 0.6 is 0 Å². The van der Waals surface area contributed by atoms with E-state index in [-0.39, 0.29) is 0 Å². The number of hydrogen-bond donors (Lipinski definition) is 1. The molecule has 1 nitrogen and oxygen atoms in total. The zero-order valence-electron chi connectivity index (χ0n) is 12.6. The summed E-state index contributed by atoms with van der Waals surface area (Å²) in [7, 11) is 0. The molecule has 1 heteroatoms. The third kappa shape index (κ3) is 4.07. The first-order chi connectivity index (χ1) is 9.22. The van der Waals surface area contributed by atoms with Gasteiger partial charge in [0.05, 0.1) is 0 Å². The van der Waals surface area contributed by atoms with Crippen LogP contribution in [0.3, 0.4) is 0 Å². The molecule has 1 aliphatic rings. The second-order valence-corrected chi connectivity index (χ2v) is 6.23. The number of hydrogen-bond acceptors (Lipinski definition) is 1. The minimum Gasteiger partial charge on any atom is -0.327 e. The van der Waals surface area contributed by atoms with E-state index in [4.69, 9.17) is 5.73 Å². The lowest BCUT2D eigenvalue weighted by atomic mass is 9.76. The monoisotopic (exact) mass is 259 g/mol. The molecule has 1 aromatic rings. The van der Waals surface area contributed by atoms with Crippen LogP contribution in [0.5, 0.6) is 0 Å². The minimum absolute atomic E-state index is 0.352. The highest BCUT2D eigenvalue weighted by Gasteiger charge is 2.24. The molecule has 1 unspecified atom stereocenters. The molecule has 2 rings (SSSR count). The average Bonchev–Trinajstić information content (AvgIpc) is 2.48. The van der Waals surface area contributed by atoms with Crippen molar-refractivity contribution in [2.45, 2.75) is 64.8 Å². The maximum absolute atomic E-state index is 6.44. The van der Waals surface area contributed by atoms with E-state index in [1.165, 1.54) is 43.2 Å². The Kier molecular flexibility index (Phi) is 5.45. The summed E-state index contributed by atoms with van der Waals surface area (Å²) in [5.41, 5.74) is 9.26. The number of aryl methyl sites for hydroxylation is 1. The summed E-state index contributed by atoms with van der Waals surface area (Å²) in [6.07, 6.45) is 8.98. The van der Waals surface area contributed by atoms with Crippen molar-refractivity contribution < 1.29 is 0 Å². The highest BCUT2D eigenvalue weighted by molar-refractivity contribution is 5.23. The molecule has 0 radical (unpaired) electrons. The van der Waals surface area contributed by atoms with Crippen LogP contribution in [0.25, 0.3) is 0 Å². The van der Waals surface area contributed by atoms with Gasteiger partial charge in [0, 0.05) is 6.04 Å². The molecule has 19 heavy (non-hydrogen) atoms. The van der Waals surface area contributed by atoms with Gasteiger partial charge in [-0.1, -0.05) is 57.4 Å². The predicted octanol–water partition coefficient (Wildman–Crippen LogP) is 4.34. The van der Waals surface area contributed by atoms with Gasteiger partial charge in [0.15, 0.2) is 0 Å². The molecule has 1 atom stereocenters. The van der Waals surface area contributed by atoms with E-state index < -0.39 is 0 Å². The Bertz CT molecular complexity index is 360. The first kappa shape index (κ1) is 14.6. The lowest BCUT2D eigenvalue weighted by Gasteiger charge is -2.31. The number of benzene rings is 1. The molecule has 0 saturated heterocycles. The molecule has 0 heterocycles. The largest absolute Gasteiger partial charge is 0.327 e. The third-order valence-corrected chi connectivity index (χ3v) is 4.98. The molecule has 0 aliphatic heterocycles. The number of rotatable bonds is 5. The zero-order valence-corrected chi connectivity index (χ0v) is 12.6.